The third-order valence-corrected chi connectivity index (χ3v) is 3.08. The Kier molecular flexibility index (Phi) is 8.44. The Morgan fingerprint density at radius 3 is 1.95 bits per heavy atom. The molecule has 0 amide bonds. The van der Waals surface area contributed by atoms with Crippen molar-refractivity contribution < 1.29 is 5.02 Å². The lowest BCUT2D eigenvalue weighted by Crippen LogP contribution is -2.48. The van der Waals surface area contributed by atoms with Crippen LogP contribution in [-0.2, 0) is 14.1 Å². The fourth-order valence-electron chi connectivity index (χ4n) is 1.97. The highest BCUT2D eigenvalue weighted by Gasteiger charge is 2.27. The molecule has 6 heteroatoms. The molecule has 0 saturated carbocycles. The lowest BCUT2D eigenvalue weighted by Gasteiger charge is -2.08. The van der Waals surface area contributed by atoms with E-state index >= 15 is 0 Å². The van der Waals surface area contributed by atoms with E-state index in [-0.39, 0.29) is 0 Å². The van der Waals surface area contributed by atoms with Crippen molar-refractivity contribution in [3.05, 3.63) is 41.4 Å². The van der Waals surface area contributed by atoms with Crippen LogP contribution in [0.3, 0.4) is 0 Å². The molecule has 2 aromatic heterocycles. The van der Waals surface area contributed by atoms with Crippen molar-refractivity contribution in [3.8, 4) is 6.07 Å². The van der Waals surface area contributed by atoms with Gasteiger partial charge in [0, 0.05) is 12.6 Å². The summed E-state index contributed by atoms with van der Waals surface area (Å²) in [6, 6.07) is 8.82. The van der Waals surface area contributed by atoms with Crippen LogP contribution in [0.4, 0.5) is 5.82 Å². The van der Waals surface area contributed by atoms with Gasteiger partial charge in [0.1, 0.15) is 11.8 Å². The number of hydrogen-bond donors (Lipinski definition) is 1. The highest BCUT2D eigenvalue weighted by atomic mass is 16.2. The van der Waals surface area contributed by atoms with E-state index in [0.717, 1.165) is 0 Å². The van der Waals surface area contributed by atoms with Gasteiger partial charge in [-0.25, -0.2) is 0 Å². The van der Waals surface area contributed by atoms with Crippen LogP contribution in [0.25, 0.3) is 4.85 Å². The van der Waals surface area contributed by atoms with Gasteiger partial charge >= 0.3 is 6.92 Å². The molecule has 1 N–H and O–H groups in total. The van der Waals surface area contributed by atoms with Crippen molar-refractivity contribution in [1.29, 1.82) is 5.26 Å². The second-order valence-corrected chi connectivity index (χ2v) is 4.00. The summed E-state index contributed by atoms with van der Waals surface area (Å²) in [6.45, 7) is 14.1. The minimum atomic E-state index is -0.849. The minimum Gasteiger partial charge on any atom is -0.439 e. The fraction of sp³-hybridized carbons (Fsp3) is 0.375. The van der Waals surface area contributed by atoms with Crippen molar-refractivity contribution in [3.63, 3.8) is 0 Å². The summed E-state index contributed by atoms with van der Waals surface area (Å²) < 4.78 is 3.30. The average Bonchev–Trinajstić information content (AvgIpc) is 3.13. The van der Waals surface area contributed by atoms with Gasteiger partial charge in [0.2, 0.25) is 5.82 Å². The largest absolute Gasteiger partial charge is 0.439 e. The van der Waals surface area contributed by atoms with Gasteiger partial charge in [-0.15, -0.1) is 0 Å². The second kappa shape index (κ2) is 9.49. The Morgan fingerprint density at radius 1 is 1.05 bits per heavy atom. The van der Waals surface area contributed by atoms with E-state index < -0.39 is 6.92 Å². The summed E-state index contributed by atoms with van der Waals surface area (Å²) >= 11 is 0. The van der Waals surface area contributed by atoms with E-state index in [2.05, 4.69) is 4.85 Å². The van der Waals surface area contributed by atoms with Crippen molar-refractivity contribution in [2.45, 2.75) is 27.7 Å². The third-order valence-electron chi connectivity index (χ3n) is 3.08. The maximum absolute atomic E-state index is 10.3. The molecule has 0 saturated heterocycles. The first-order valence-electron chi connectivity index (χ1n) is 7.37. The van der Waals surface area contributed by atoms with Crippen LogP contribution in [0, 0.1) is 17.9 Å². The zero-order valence-corrected chi connectivity index (χ0v) is 14.1. The first-order chi connectivity index (χ1) is 10.6. The number of nitriles is 1. The molecule has 5 nitrogen and oxygen atoms in total. The van der Waals surface area contributed by atoms with Gasteiger partial charge in [-0.3, -0.25) is 0 Å². The van der Waals surface area contributed by atoms with Crippen molar-refractivity contribution in [2.24, 2.45) is 14.1 Å². The summed E-state index contributed by atoms with van der Waals surface area (Å²) in [5.41, 5.74) is 1.75. The molecule has 0 aliphatic carbocycles. The molecule has 0 bridgehead atoms. The first-order valence-corrected chi connectivity index (χ1v) is 7.37. The molecule has 0 radical (unpaired) electrons. The van der Waals surface area contributed by atoms with Gasteiger partial charge in [0.25, 0.3) is 0 Å². The predicted octanol–water partition coefficient (Wildman–Crippen LogP) is 1.94. The van der Waals surface area contributed by atoms with Crippen LogP contribution in [0.15, 0.2) is 24.3 Å². The number of nitrogens with zero attached hydrogens (tertiary/aromatic N) is 4. The number of rotatable bonds is 2. The maximum atomic E-state index is 10.3. The molecule has 0 aliphatic rings. The third kappa shape index (κ3) is 3.81. The van der Waals surface area contributed by atoms with E-state index in [1.165, 1.54) is 0 Å². The minimum absolute atomic E-state index is 0.471. The second-order valence-electron chi connectivity index (χ2n) is 4.00. The van der Waals surface area contributed by atoms with Gasteiger partial charge in [-0.05, 0) is 24.3 Å². The van der Waals surface area contributed by atoms with Crippen LogP contribution in [-0.4, -0.2) is 21.1 Å². The molecule has 2 heterocycles. The average molecular weight is 298 g/mol. The van der Waals surface area contributed by atoms with E-state index in [1.54, 1.807) is 47.5 Å². The topological polar surface area (TPSA) is 58.2 Å². The lowest BCUT2D eigenvalue weighted by atomic mass is 9.61. The molecule has 0 aromatic carbocycles. The molecule has 0 fully saturated rings. The molecule has 2 rings (SSSR count). The van der Waals surface area contributed by atoms with Gasteiger partial charge in [-0.1, -0.05) is 34.3 Å². The summed E-state index contributed by atoms with van der Waals surface area (Å²) in [6.07, 6.45) is 0. The van der Waals surface area contributed by atoms with Crippen molar-refractivity contribution >= 4 is 23.9 Å². The van der Waals surface area contributed by atoms with E-state index in [4.69, 9.17) is 11.8 Å². The van der Waals surface area contributed by atoms with Crippen LogP contribution in [0.5, 0.6) is 0 Å². The summed E-state index contributed by atoms with van der Waals surface area (Å²) in [5, 5.41) is 19.2. The van der Waals surface area contributed by atoms with Crippen molar-refractivity contribution in [1.82, 2.24) is 9.13 Å². The SMILES string of the molecule is CC.CC.[C-]#[N+]c1ccc(B(O)c2ccc(C#N)n2C)n1C. The predicted molar refractivity (Wildman–Crippen MR) is 91.7 cm³/mol. The standard InChI is InChI=1S/C12H11BN4O.2C2H6/c1-15-12-7-6-11(17(12)3)13(18)10-5-4-9(8-14)16(10)2;2*1-2/h4-7,18H,2-3H3;2*1-2H3. The Balaban J connectivity index is 0.00000102. The Bertz CT molecular complexity index is 615. The number of aromatic nitrogens is 2. The molecule has 116 valence electrons. The fourth-order valence-corrected chi connectivity index (χ4v) is 1.97. The monoisotopic (exact) mass is 298 g/mol. The van der Waals surface area contributed by atoms with Crippen LogP contribution >= 0.6 is 0 Å². The molecule has 22 heavy (non-hydrogen) atoms. The molecule has 0 spiro atoms. The van der Waals surface area contributed by atoms with Crippen molar-refractivity contribution in [2.75, 3.05) is 0 Å². The Labute approximate surface area is 133 Å². The quantitative estimate of drug-likeness (QED) is 0.680. The van der Waals surface area contributed by atoms with Crippen LogP contribution in [0.1, 0.15) is 33.4 Å². The smallest absolute Gasteiger partial charge is 0.419 e. The zero-order valence-electron chi connectivity index (χ0n) is 14.1. The summed E-state index contributed by atoms with van der Waals surface area (Å²) in [4.78, 5) is 3.35. The maximum Gasteiger partial charge on any atom is 0.419 e. The molecule has 0 aliphatic heterocycles. The first kappa shape index (κ1) is 19.6. The van der Waals surface area contributed by atoms with Gasteiger partial charge in [-0.2, -0.15) is 5.26 Å². The normalized spacial score (nSPS) is 8.59. The van der Waals surface area contributed by atoms with Gasteiger partial charge < -0.3 is 19.0 Å². The Hall–Kier alpha value is -2.44. The zero-order chi connectivity index (χ0) is 17.3. The van der Waals surface area contributed by atoms with E-state index in [1.807, 2.05) is 33.8 Å². The van der Waals surface area contributed by atoms with Gasteiger partial charge in [0.05, 0.1) is 12.6 Å². The molecular formula is C16H23BN4O. The van der Waals surface area contributed by atoms with E-state index in [0.29, 0.717) is 22.7 Å². The van der Waals surface area contributed by atoms with Crippen LogP contribution in [0.2, 0.25) is 0 Å². The number of hydrogen-bond acceptors (Lipinski definition) is 2. The molecule has 0 atom stereocenters. The van der Waals surface area contributed by atoms with Crippen LogP contribution < -0.4 is 11.2 Å². The van der Waals surface area contributed by atoms with Gasteiger partial charge in [0.15, 0.2) is 0 Å². The molecule has 2 aromatic rings. The summed E-state index contributed by atoms with van der Waals surface area (Å²) in [7, 11) is 3.47. The molecular weight excluding hydrogens is 275 g/mol. The summed E-state index contributed by atoms with van der Waals surface area (Å²) in [5.74, 6) is 0.471. The Morgan fingerprint density at radius 2 is 1.55 bits per heavy atom. The highest BCUT2D eigenvalue weighted by Crippen LogP contribution is 2.09. The highest BCUT2D eigenvalue weighted by molar-refractivity contribution is 6.77. The lowest BCUT2D eigenvalue weighted by molar-refractivity contribution is 0.593. The molecule has 0 unspecified atom stereocenters. The van der Waals surface area contributed by atoms with E-state index in [9.17, 15) is 5.02 Å².